The highest BCUT2D eigenvalue weighted by atomic mass is 16.4. The number of benzene rings is 1. The maximum absolute atomic E-state index is 12.3. The SMILES string of the molecule is Cc1cc2ccncc2c(Nc2ccc(C[C@H](NC3=CC(=O)C34CCCCC4)C(=O)O)cc2)n1. The van der Waals surface area contributed by atoms with Gasteiger partial charge in [-0.05, 0) is 55.0 Å². The van der Waals surface area contributed by atoms with Crippen molar-refractivity contribution in [1.29, 1.82) is 0 Å². The molecule has 0 amide bonds. The van der Waals surface area contributed by atoms with E-state index in [9.17, 15) is 14.7 Å². The zero-order valence-electron chi connectivity index (χ0n) is 19.2. The van der Waals surface area contributed by atoms with E-state index in [-0.39, 0.29) is 5.78 Å². The van der Waals surface area contributed by atoms with E-state index < -0.39 is 17.4 Å². The molecule has 34 heavy (non-hydrogen) atoms. The number of aliphatic carboxylic acids is 1. The second kappa shape index (κ2) is 8.89. The van der Waals surface area contributed by atoms with Gasteiger partial charge in [0, 0.05) is 47.4 Å². The monoisotopic (exact) mass is 456 g/mol. The summed E-state index contributed by atoms with van der Waals surface area (Å²) < 4.78 is 0. The van der Waals surface area contributed by atoms with Crippen LogP contribution < -0.4 is 10.6 Å². The summed E-state index contributed by atoms with van der Waals surface area (Å²) in [6, 6.07) is 10.9. The molecule has 1 spiro atoms. The van der Waals surface area contributed by atoms with Gasteiger partial charge < -0.3 is 15.7 Å². The molecule has 2 aliphatic rings. The molecule has 5 rings (SSSR count). The number of hydrogen-bond donors (Lipinski definition) is 3. The molecule has 174 valence electrons. The first-order valence-corrected chi connectivity index (χ1v) is 11.8. The Morgan fingerprint density at radius 1 is 1.15 bits per heavy atom. The Balaban J connectivity index is 1.29. The van der Waals surface area contributed by atoms with Gasteiger partial charge in [0.2, 0.25) is 0 Å². The van der Waals surface area contributed by atoms with Crippen LogP contribution in [0.2, 0.25) is 0 Å². The van der Waals surface area contributed by atoms with Gasteiger partial charge in [-0.25, -0.2) is 9.78 Å². The van der Waals surface area contributed by atoms with E-state index in [1.807, 2.05) is 43.3 Å². The van der Waals surface area contributed by atoms with Crippen LogP contribution in [-0.4, -0.2) is 32.9 Å². The van der Waals surface area contributed by atoms with E-state index in [2.05, 4.69) is 20.6 Å². The number of aromatic nitrogens is 2. The molecular weight excluding hydrogens is 428 g/mol. The van der Waals surface area contributed by atoms with Crippen molar-refractivity contribution in [2.75, 3.05) is 5.32 Å². The molecule has 0 bridgehead atoms. The first-order chi connectivity index (χ1) is 16.4. The van der Waals surface area contributed by atoms with E-state index >= 15 is 0 Å². The zero-order valence-corrected chi connectivity index (χ0v) is 19.2. The van der Waals surface area contributed by atoms with Crippen molar-refractivity contribution in [1.82, 2.24) is 15.3 Å². The molecule has 1 aromatic carbocycles. The van der Waals surface area contributed by atoms with Crippen LogP contribution >= 0.6 is 0 Å². The number of nitrogens with one attached hydrogen (secondary N) is 2. The Morgan fingerprint density at radius 2 is 1.91 bits per heavy atom. The number of hydrogen-bond acceptors (Lipinski definition) is 6. The molecular formula is C27H28N4O3. The number of aryl methyl sites for hydroxylation is 1. The number of carbonyl (C=O) groups is 2. The van der Waals surface area contributed by atoms with Crippen LogP contribution in [0.1, 0.15) is 43.4 Å². The van der Waals surface area contributed by atoms with Gasteiger partial charge in [0.1, 0.15) is 11.9 Å². The smallest absolute Gasteiger partial charge is 0.326 e. The number of carboxylic acid groups (broad SMARTS) is 1. The molecule has 7 nitrogen and oxygen atoms in total. The van der Waals surface area contributed by atoms with Crippen molar-refractivity contribution in [2.45, 2.75) is 51.5 Å². The minimum absolute atomic E-state index is 0.141. The van der Waals surface area contributed by atoms with Gasteiger partial charge in [0.15, 0.2) is 5.78 Å². The number of fused-ring (bicyclic) bond motifs is 1. The Bertz CT molecular complexity index is 1280. The number of pyridine rings is 2. The third-order valence-electron chi connectivity index (χ3n) is 7.02. The van der Waals surface area contributed by atoms with Crippen molar-refractivity contribution >= 4 is 34.0 Å². The fourth-order valence-electron chi connectivity index (χ4n) is 5.12. The summed E-state index contributed by atoms with van der Waals surface area (Å²) in [5.74, 6) is -0.0432. The van der Waals surface area contributed by atoms with Crippen molar-refractivity contribution in [2.24, 2.45) is 5.41 Å². The topological polar surface area (TPSA) is 104 Å². The van der Waals surface area contributed by atoms with Gasteiger partial charge in [0.05, 0.1) is 5.41 Å². The van der Waals surface area contributed by atoms with Gasteiger partial charge in [-0.3, -0.25) is 9.78 Å². The summed E-state index contributed by atoms with van der Waals surface area (Å²) in [6.45, 7) is 1.95. The number of anilines is 2. The fraction of sp³-hybridized carbons (Fsp3) is 0.333. The predicted octanol–water partition coefficient (Wildman–Crippen LogP) is 4.68. The van der Waals surface area contributed by atoms with Crippen LogP contribution in [0.25, 0.3) is 10.8 Å². The van der Waals surface area contributed by atoms with Gasteiger partial charge in [-0.15, -0.1) is 0 Å². The summed E-state index contributed by atoms with van der Waals surface area (Å²) in [5.41, 5.74) is 3.00. The second-order valence-electron chi connectivity index (χ2n) is 9.34. The molecule has 3 aromatic rings. The van der Waals surface area contributed by atoms with E-state index in [4.69, 9.17) is 0 Å². The van der Waals surface area contributed by atoms with E-state index in [1.165, 1.54) is 0 Å². The number of allylic oxidation sites excluding steroid dienone is 2. The maximum atomic E-state index is 12.3. The molecule has 7 heteroatoms. The highest BCUT2D eigenvalue weighted by molar-refractivity contribution is 6.05. The second-order valence-corrected chi connectivity index (χ2v) is 9.34. The number of nitrogens with zero attached hydrogens (tertiary/aromatic N) is 2. The highest BCUT2D eigenvalue weighted by Crippen LogP contribution is 2.48. The van der Waals surface area contributed by atoms with Gasteiger partial charge >= 0.3 is 5.97 Å². The Morgan fingerprint density at radius 3 is 2.62 bits per heavy atom. The molecule has 2 aromatic heterocycles. The molecule has 2 aliphatic carbocycles. The third kappa shape index (κ3) is 4.14. The fourth-order valence-corrected chi connectivity index (χ4v) is 5.12. The predicted molar refractivity (Wildman–Crippen MR) is 131 cm³/mol. The number of rotatable bonds is 7. The summed E-state index contributed by atoms with van der Waals surface area (Å²) in [7, 11) is 0. The molecule has 1 saturated carbocycles. The summed E-state index contributed by atoms with van der Waals surface area (Å²) >= 11 is 0. The van der Waals surface area contributed by atoms with Crippen LogP contribution in [0.3, 0.4) is 0 Å². The lowest BCUT2D eigenvalue weighted by molar-refractivity contribution is -0.140. The average molecular weight is 457 g/mol. The van der Waals surface area contributed by atoms with Crippen LogP contribution in [0, 0.1) is 12.3 Å². The minimum Gasteiger partial charge on any atom is -0.480 e. The summed E-state index contributed by atoms with van der Waals surface area (Å²) in [6.07, 6.45) is 10.3. The van der Waals surface area contributed by atoms with Crippen molar-refractivity contribution in [3.63, 3.8) is 0 Å². The summed E-state index contributed by atoms with van der Waals surface area (Å²) in [5, 5.41) is 18.4. The lowest BCUT2D eigenvalue weighted by Gasteiger charge is -2.44. The molecule has 1 atom stereocenters. The molecule has 2 heterocycles. The van der Waals surface area contributed by atoms with Crippen molar-refractivity contribution in [3.8, 4) is 0 Å². The van der Waals surface area contributed by atoms with Gasteiger partial charge in [0.25, 0.3) is 0 Å². The quantitative estimate of drug-likeness (QED) is 0.474. The van der Waals surface area contributed by atoms with Crippen LogP contribution in [0.5, 0.6) is 0 Å². The van der Waals surface area contributed by atoms with Crippen LogP contribution in [0.15, 0.2) is 60.6 Å². The van der Waals surface area contributed by atoms with E-state index in [1.54, 1.807) is 18.5 Å². The Hall–Kier alpha value is -3.74. The van der Waals surface area contributed by atoms with Crippen LogP contribution in [-0.2, 0) is 16.0 Å². The molecule has 1 fully saturated rings. The maximum Gasteiger partial charge on any atom is 0.326 e. The largest absolute Gasteiger partial charge is 0.480 e. The van der Waals surface area contributed by atoms with Crippen molar-refractivity contribution < 1.29 is 14.7 Å². The van der Waals surface area contributed by atoms with Crippen LogP contribution in [0.4, 0.5) is 11.5 Å². The highest BCUT2D eigenvalue weighted by Gasteiger charge is 2.49. The lowest BCUT2D eigenvalue weighted by Crippen LogP contribution is -2.51. The molecule has 0 aliphatic heterocycles. The lowest BCUT2D eigenvalue weighted by atomic mass is 9.62. The minimum atomic E-state index is -0.920. The van der Waals surface area contributed by atoms with Crippen molar-refractivity contribution in [3.05, 3.63) is 71.8 Å². The average Bonchev–Trinajstić information content (AvgIpc) is 2.84. The Kier molecular flexibility index (Phi) is 5.77. The Labute approximate surface area is 198 Å². The normalized spacial score (nSPS) is 17.7. The molecule has 0 saturated heterocycles. The number of carbonyl (C=O) groups excluding carboxylic acids is 1. The zero-order chi connectivity index (χ0) is 23.7. The molecule has 3 N–H and O–H groups in total. The molecule has 0 unspecified atom stereocenters. The van der Waals surface area contributed by atoms with Gasteiger partial charge in [-0.1, -0.05) is 31.4 Å². The third-order valence-corrected chi connectivity index (χ3v) is 7.02. The summed E-state index contributed by atoms with van der Waals surface area (Å²) in [4.78, 5) is 33.2. The number of carboxylic acids is 1. The first-order valence-electron chi connectivity index (χ1n) is 11.8. The van der Waals surface area contributed by atoms with E-state index in [0.29, 0.717) is 6.42 Å². The first kappa shape index (κ1) is 22.1. The van der Waals surface area contributed by atoms with E-state index in [0.717, 1.165) is 71.3 Å². The van der Waals surface area contributed by atoms with Gasteiger partial charge in [-0.2, -0.15) is 0 Å². The number of ketones is 1. The molecule has 0 radical (unpaired) electrons. The standard InChI is InChI=1S/C27H28N4O3/c1-17-13-19-9-12-28-16-21(19)25(29-17)30-20-7-5-18(6-8-20)14-22(26(33)34)31-23-15-24(32)27(23)10-3-2-4-11-27/h5-9,12-13,15-16,22,31H,2-4,10-11,14H2,1H3,(H,29,30)(H,33,34)/t22-/m0/s1.